The molecule has 0 spiro atoms. The van der Waals surface area contributed by atoms with E-state index in [9.17, 15) is 14.7 Å². The summed E-state index contributed by atoms with van der Waals surface area (Å²) in [6, 6.07) is 0. The lowest BCUT2D eigenvalue weighted by Crippen LogP contribution is -2.28. The highest BCUT2D eigenvalue weighted by Gasteiger charge is 2.16. The van der Waals surface area contributed by atoms with Crippen LogP contribution >= 0.6 is 0 Å². The maximum atomic E-state index is 12.0. The van der Waals surface area contributed by atoms with E-state index in [2.05, 4.69) is 26.0 Å². The summed E-state index contributed by atoms with van der Waals surface area (Å²) in [6.07, 6.45) is 30.1. The van der Waals surface area contributed by atoms with Crippen molar-refractivity contribution in [1.29, 1.82) is 0 Å². The Bertz CT molecular complexity index is 531. The highest BCUT2D eigenvalue weighted by Crippen LogP contribution is 2.12. The SMILES string of the molecule is CCCCCCCCC/C=C\CCCCCCCCCC(=O)OC(CO)COC(=O)CCCCCCC. The number of hydrogen-bond donors (Lipinski definition) is 1. The molecule has 0 aromatic rings. The first-order valence-electron chi connectivity index (χ1n) is 15.7. The van der Waals surface area contributed by atoms with Crippen molar-refractivity contribution in [3.8, 4) is 0 Å². The smallest absolute Gasteiger partial charge is 0.306 e. The van der Waals surface area contributed by atoms with Gasteiger partial charge in [-0.3, -0.25) is 9.59 Å². The van der Waals surface area contributed by atoms with Gasteiger partial charge in [-0.25, -0.2) is 0 Å². The lowest BCUT2D eigenvalue weighted by molar-refractivity contribution is -0.161. The van der Waals surface area contributed by atoms with E-state index in [1.165, 1.54) is 96.3 Å². The zero-order chi connectivity index (χ0) is 27.2. The molecule has 0 bridgehead atoms. The predicted molar refractivity (Wildman–Crippen MR) is 155 cm³/mol. The van der Waals surface area contributed by atoms with E-state index in [0.717, 1.165) is 38.5 Å². The molecule has 0 aliphatic carbocycles. The Kier molecular flexibility index (Phi) is 28.1. The monoisotopic (exact) mass is 524 g/mol. The van der Waals surface area contributed by atoms with Crippen molar-refractivity contribution in [2.45, 2.75) is 168 Å². The fourth-order valence-electron chi connectivity index (χ4n) is 4.37. The molecule has 0 aromatic carbocycles. The number of carbonyl (C=O) groups excluding carboxylic acids is 2. The van der Waals surface area contributed by atoms with Gasteiger partial charge in [0.15, 0.2) is 6.10 Å². The van der Waals surface area contributed by atoms with Crippen molar-refractivity contribution >= 4 is 11.9 Å². The van der Waals surface area contributed by atoms with Crippen molar-refractivity contribution in [2.24, 2.45) is 0 Å². The Morgan fingerprint density at radius 3 is 1.46 bits per heavy atom. The molecule has 5 heteroatoms. The second-order valence-electron chi connectivity index (χ2n) is 10.5. The number of esters is 2. The van der Waals surface area contributed by atoms with E-state index in [1.54, 1.807) is 0 Å². The quantitative estimate of drug-likeness (QED) is 0.0628. The average molecular weight is 525 g/mol. The van der Waals surface area contributed by atoms with Crippen LogP contribution < -0.4 is 0 Å². The first-order chi connectivity index (χ1) is 18.1. The van der Waals surface area contributed by atoms with Crippen LogP contribution in [0.2, 0.25) is 0 Å². The van der Waals surface area contributed by atoms with Gasteiger partial charge in [0, 0.05) is 12.8 Å². The van der Waals surface area contributed by atoms with Gasteiger partial charge in [-0.2, -0.15) is 0 Å². The number of aliphatic hydroxyl groups is 1. The van der Waals surface area contributed by atoms with Crippen LogP contribution in [0.3, 0.4) is 0 Å². The molecular formula is C32H60O5. The topological polar surface area (TPSA) is 72.8 Å². The van der Waals surface area contributed by atoms with Gasteiger partial charge in [0.1, 0.15) is 6.61 Å². The van der Waals surface area contributed by atoms with Crippen LogP contribution in [-0.4, -0.2) is 36.4 Å². The van der Waals surface area contributed by atoms with Crippen molar-refractivity contribution in [3.05, 3.63) is 12.2 Å². The molecule has 0 saturated carbocycles. The third kappa shape index (κ3) is 27.5. The van der Waals surface area contributed by atoms with Gasteiger partial charge in [0.25, 0.3) is 0 Å². The Balaban J connectivity index is 3.51. The van der Waals surface area contributed by atoms with Gasteiger partial charge in [-0.05, 0) is 38.5 Å². The summed E-state index contributed by atoms with van der Waals surface area (Å²) >= 11 is 0. The number of allylic oxidation sites excluding steroid dienone is 2. The molecule has 0 aliphatic rings. The molecule has 5 nitrogen and oxygen atoms in total. The van der Waals surface area contributed by atoms with Crippen LogP contribution in [0.5, 0.6) is 0 Å². The fraction of sp³-hybridized carbons (Fsp3) is 0.875. The zero-order valence-electron chi connectivity index (χ0n) is 24.5. The van der Waals surface area contributed by atoms with E-state index >= 15 is 0 Å². The fourth-order valence-corrected chi connectivity index (χ4v) is 4.37. The molecule has 0 saturated heterocycles. The summed E-state index contributed by atoms with van der Waals surface area (Å²) in [7, 11) is 0. The molecule has 0 radical (unpaired) electrons. The second kappa shape index (κ2) is 29.2. The Morgan fingerprint density at radius 2 is 1.00 bits per heavy atom. The first kappa shape index (κ1) is 35.6. The van der Waals surface area contributed by atoms with Gasteiger partial charge in [0.05, 0.1) is 6.61 Å². The Hall–Kier alpha value is -1.36. The second-order valence-corrected chi connectivity index (χ2v) is 10.5. The summed E-state index contributed by atoms with van der Waals surface area (Å²) in [5.74, 6) is -0.608. The average Bonchev–Trinajstić information content (AvgIpc) is 2.90. The van der Waals surface area contributed by atoms with Crippen LogP contribution in [0.1, 0.15) is 162 Å². The van der Waals surface area contributed by atoms with Crippen molar-refractivity contribution < 1.29 is 24.2 Å². The van der Waals surface area contributed by atoms with E-state index in [1.807, 2.05) is 0 Å². The van der Waals surface area contributed by atoms with Crippen molar-refractivity contribution in [1.82, 2.24) is 0 Å². The van der Waals surface area contributed by atoms with Gasteiger partial charge in [0.2, 0.25) is 0 Å². The van der Waals surface area contributed by atoms with Gasteiger partial charge >= 0.3 is 11.9 Å². The van der Waals surface area contributed by atoms with Crippen molar-refractivity contribution in [2.75, 3.05) is 13.2 Å². The van der Waals surface area contributed by atoms with E-state index < -0.39 is 6.10 Å². The molecule has 1 atom stereocenters. The number of rotatable bonds is 28. The molecular weight excluding hydrogens is 464 g/mol. The number of aliphatic hydroxyl groups excluding tert-OH is 1. The molecule has 0 fully saturated rings. The van der Waals surface area contributed by atoms with E-state index in [0.29, 0.717) is 12.8 Å². The summed E-state index contributed by atoms with van der Waals surface area (Å²) in [4.78, 5) is 23.8. The van der Waals surface area contributed by atoms with Gasteiger partial charge in [-0.15, -0.1) is 0 Å². The van der Waals surface area contributed by atoms with Crippen LogP contribution in [0.25, 0.3) is 0 Å². The van der Waals surface area contributed by atoms with Crippen LogP contribution in [0, 0.1) is 0 Å². The molecule has 1 unspecified atom stereocenters. The van der Waals surface area contributed by atoms with Gasteiger partial charge in [-0.1, -0.05) is 122 Å². The van der Waals surface area contributed by atoms with Gasteiger partial charge < -0.3 is 14.6 Å². The summed E-state index contributed by atoms with van der Waals surface area (Å²) in [6.45, 7) is 4.03. The number of unbranched alkanes of at least 4 members (excludes halogenated alkanes) is 18. The molecule has 0 heterocycles. The molecule has 218 valence electrons. The normalized spacial score (nSPS) is 12.2. The number of hydrogen-bond acceptors (Lipinski definition) is 5. The molecule has 0 aliphatic heterocycles. The Morgan fingerprint density at radius 1 is 0.595 bits per heavy atom. The third-order valence-corrected chi connectivity index (χ3v) is 6.81. The molecule has 37 heavy (non-hydrogen) atoms. The third-order valence-electron chi connectivity index (χ3n) is 6.81. The summed E-state index contributed by atoms with van der Waals surface area (Å²) < 4.78 is 10.4. The standard InChI is InChI=1S/C32H60O5/c1-3-5-7-9-10-11-12-13-14-15-16-17-18-19-20-21-23-25-27-32(35)37-30(28-33)29-36-31(34)26-24-22-8-6-4-2/h14-15,30,33H,3-13,16-29H2,1-2H3/b15-14-. The highest BCUT2D eigenvalue weighted by atomic mass is 16.6. The van der Waals surface area contributed by atoms with Crippen LogP contribution in [0.4, 0.5) is 0 Å². The van der Waals surface area contributed by atoms with Crippen molar-refractivity contribution in [3.63, 3.8) is 0 Å². The minimum absolute atomic E-state index is 0.0651. The zero-order valence-corrected chi connectivity index (χ0v) is 24.5. The van der Waals surface area contributed by atoms with Crippen LogP contribution in [-0.2, 0) is 19.1 Å². The van der Waals surface area contributed by atoms with Crippen LogP contribution in [0.15, 0.2) is 12.2 Å². The highest BCUT2D eigenvalue weighted by molar-refractivity contribution is 5.70. The molecule has 0 rings (SSSR count). The maximum absolute atomic E-state index is 12.0. The molecule has 1 N–H and O–H groups in total. The van der Waals surface area contributed by atoms with E-state index in [4.69, 9.17) is 9.47 Å². The lowest BCUT2D eigenvalue weighted by atomic mass is 10.1. The minimum Gasteiger partial charge on any atom is -0.462 e. The number of ether oxygens (including phenoxy) is 2. The minimum atomic E-state index is -0.763. The maximum Gasteiger partial charge on any atom is 0.306 e. The summed E-state index contributed by atoms with van der Waals surface area (Å²) in [5.41, 5.74) is 0. The largest absolute Gasteiger partial charge is 0.462 e. The number of carbonyl (C=O) groups is 2. The predicted octanol–water partition coefficient (Wildman–Crippen LogP) is 9.00. The van der Waals surface area contributed by atoms with E-state index in [-0.39, 0.29) is 25.2 Å². The first-order valence-corrected chi connectivity index (χ1v) is 15.7. The molecule has 0 aromatic heterocycles. The Labute approximate surface area is 229 Å². The molecule has 0 amide bonds. The lowest BCUT2D eigenvalue weighted by Gasteiger charge is -2.15. The summed E-state index contributed by atoms with van der Waals surface area (Å²) in [5, 5.41) is 9.42.